The second-order valence-corrected chi connectivity index (χ2v) is 12.8. The van der Waals surface area contributed by atoms with Crippen LogP contribution in [0.25, 0.3) is 22.3 Å². The lowest BCUT2D eigenvalue weighted by atomic mass is 9.79. The van der Waals surface area contributed by atoms with E-state index < -0.39 is 23.7 Å². The van der Waals surface area contributed by atoms with E-state index in [1.54, 1.807) is 39.0 Å². The summed E-state index contributed by atoms with van der Waals surface area (Å²) in [6.07, 6.45) is 6.37. The van der Waals surface area contributed by atoms with Gasteiger partial charge in [-0.2, -0.15) is 0 Å². The van der Waals surface area contributed by atoms with Crippen molar-refractivity contribution in [3.63, 3.8) is 0 Å². The smallest absolute Gasteiger partial charge is 0.339 e. The fraction of sp³-hybridized carbons (Fsp3) is 0.432. The molecular weight excluding hydrogens is 582 g/mol. The molecule has 46 heavy (non-hydrogen) atoms. The molecule has 1 atom stereocenters. The Labute approximate surface area is 269 Å². The summed E-state index contributed by atoms with van der Waals surface area (Å²) in [5, 5.41) is 14.1. The van der Waals surface area contributed by atoms with Gasteiger partial charge in [-0.25, -0.2) is 9.59 Å². The molecule has 1 aromatic heterocycles. The molecule has 2 fully saturated rings. The Bertz CT molecular complexity index is 1760. The molecule has 2 saturated heterocycles. The van der Waals surface area contributed by atoms with Gasteiger partial charge in [-0.05, 0) is 52.5 Å². The van der Waals surface area contributed by atoms with E-state index in [2.05, 4.69) is 15.1 Å². The molecule has 9 nitrogen and oxygen atoms in total. The minimum absolute atomic E-state index is 0.00665. The lowest BCUT2D eigenvalue weighted by Crippen LogP contribution is -2.63. The Morgan fingerprint density at radius 2 is 1.43 bits per heavy atom. The molecular formula is C37H43N3O6. The summed E-state index contributed by atoms with van der Waals surface area (Å²) in [6, 6.07) is 14.5. The van der Waals surface area contributed by atoms with E-state index >= 15 is 0 Å². The van der Waals surface area contributed by atoms with Gasteiger partial charge in [0.15, 0.2) is 5.43 Å². The molecule has 242 valence electrons. The largest absolute Gasteiger partial charge is 0.478 e. The summed E-state index contributed by atoms with van der Waals surface area (Å²) < 4.78 is 13.1. The van der Waals surface area contributed by atoms with Gasteiger partial charge < -0.3 is 19.6 Å². The van der Waals surface area contributed by atoms with E-state index in [0.29, 0.717) is 33.7 Å². The Morgan fingerprint density at radius 1 is 0.848 bits per heavy atom. The summed E-state index contributed by atoms with van der Waals surface area (Å²) >= 11 is 0. The molecule has 3 aliphatic rings. The van der Waals surface area contributed by atoms with Crippen molar-refractivity contribution in [1.29, 1.82) is 0 Å². The molecule has 0 amide bonds. The molecule has 0 spiro atoms. The minimum atomic E-state index is -1.17. The number of hydrogen-bond donors (Lipinski definition) is 2. The van der Waals surface area contributed by atoms with E-state index in [0.717, 1.165) is 70.3 Å². The first-order chi connectivity index (χ1) is 22.1. The van der Waals surface area contributed by atoms with Crippen LogP contribution < -0.4 is 10.7 Å². The fourth-order valence-corrected chi connectivity index (χ4v) is 7.46. The van der Waals surface area contributed by atoms with Crippen molar-refractivity contribution < 1.29 is 23.8 Å². The van der Waals surface area contributed by atoms with Gasteiger partial charge in [-0.15, -0.1) is 0 Å². The standard InChI is InChI=1S/C37H43N3O6/c1-23-32(41)28-18-14-17-27(34(28)45-33(23)26-15-8-5-9-16-26)31-29(35(42)43)24(2)38-25(3)30(31)36(44)46-37(4,39-19-10-6-11-20-39)40-21-12-7-13-22-40/h5,8-9,14-18,31,38H,6-7,10-13,19-22H2,1-4H3,(H,42,43). The first kappa shape index (κ1) is 31.8. The van der Waals surface area contributed by atoms with Gasteiger partial charge in [-0.1, -0.05) is 55.3 Å². The van der Waals surface area contributed by atoms with E-state index in [1.807, 2.05) is 37.3 Å². The zero-order valence-corrected chi connectivity index (χ0v) is 27.2. The van der Waals surface area contributed by atoms with Gasteiger partial charge in [0, 0.05) is 61.2 Å². The molecule has 0 radical (unpaired) electrons. The molecule has 2 aromatic carbocycles. The molecule has 1 unspecified atom stereocenters. The van der Waals surface area contributed by atoms with E-state index in [9.17, 15) is 19.5 Å². The Balaban J connectivity index is 1.51. The molecule has 0 aliphatic carbocycles. The summed E-state index contributed by atoms with van der Waals surface area (Å²) in [5.41, 5.74) is 2.78. The van der Waals surface area contributed by atoms with Crippen molar-refractivity contribution in [2.45, 2.75) is 78.0 Å². The number of benzene rings is 2. The molecule has 2 N–H and O–H groups in total. The predicted octanol–water partition coefficient (Wildman–Crippen LogP) is 6.28. The first-order valence-electron chi connectivity index (χ1n) is 16.4. The van der Waals surface area contributed by atoms with Crippen LogP contribution in [0.2, 0.25) is 0 Å². The number of dihydropyridines is 1. The number of carboxylic acids is 1. The van der Waals surface area contributed by atoms with Crippen molar-refractivity contribution in [3.05, 3.63) is 92.4 Å². The normalized spacial score (nSPS) is 20.1. The van der Waals surface area contributed by atoms with Crippen molar-refractivity contribution in [2.24, 2.45) is 0 Å². The van der Waals surface area contributed by atoms with Crippen LogP contribution in [0.5, 0.6) is 0 Å². The van der Waals surface area contributed by atoms with E-state index in [4.69, 9.17) is 9.15 Å². The third kappa shape index (κ3) is 5.67. The van der Waals surface area contributed by atoms with Crippen LogP contribution in [0, 0.1) is 6.92 Å². The summed E-state index contributed by atoms with van der Waals surface area (Å²) in [6.45, 7) is 10.4. The lowest BCUT2D eigenvalue weighted by Gasteiger charge is -2.50. The summed E-state index contributed by atoms with van der Waals surface area (Å²) in [4.78, 5) is 45.9. The Morgan fingerprint density at radius 3 is 2.02 bits per heavy atom. The van der Waals surface area contributed by atoms with Crippen molar-refractivity contribution in [2.75, 3.05) is 26.2 Å². The zero-order valence-electron chi connectivity index (χ0n) is 27.2. The van der Waals surface area contributed by atoms with Crippen LogP contribution in [-0.4, -0.2) is 58.9 Å². The second-order valence-electron chi connectivity index (χ2n) is 12.8. The number of nitrogens with zero attached hydrogens (tertiary/aromatic N) is 2. The SMILES string of the molecule is CC1=C(C(=O)O)C(c2cccc3c(=O)c(C)c(-c4ccccc4)oc23)C(C(=O)OC(C)(N2CCCCC2)N2CCCCC2)=C(C)N1. The number of ether oxygens (including phenoxy) is 1. The molecule has 3 aliphatic heterocycles. The number of carbonyl (C=O) groups excluding carboxylic acids is 1. The maximum Gasteiger partial charge on any atom is 0.339 e. The maximum absolute atomic E-state index is 14.6. The van der Waals surface area contributed by atoms with Gasteiger partial charge in [-0.3, -0.25) is 14.6 Å². The minimum Gasteiger partial charge on any atom is -0.478 e. The number of para-hydroxylation sites is 1. The third-order valence-electron chi connectivity index (χ3n) is 9.90. The number of piperidine rings is 2. The van der Waals surface area contributed by atoms with Gasteiger partial charge in [0.05, 0.1) is 22.5 Å². The monoisotopic (exact) mass is 625 g/mol. The van der Waals surface area contributed by atoms with Crippen LogP contribution in [0.1, 0.15) is 76.3 Å². The highest BCUT2D eigenvalue weighted by Crippen LogP contribution is 2.43. The highest BCUT2D eigenvalue weighted by atomic mass is 16.6. The third-order valence-corrected chi connectivity index (χ3v) is 9.90. The number of allylic oxidation sites excluding steroid dienone is 2. The highest BCUT2D eigenvalue weighted by Gasteiger charge is 2.46. The molecule has 9 heteroatoms. The van der Waals surface area contributed by atoms with Gasteiger partial charge in [0.2, 0.25) is 5.85 Å². The topological polar surface area (TPSA) is 112 Å². The number of nitrogens with one attached hydrogen (secondary N) is 1. The van der Waals surface area contributed by atoms with Crippen LogP contribution in [0.4, 0.5) is 0 Å². The first-order valence-corrected chi connectivity index (χ1v) is 16.4. The van der Waals surface area contributed by atoms with Crippen LogP contribution in [-0.2, 0) is 14.3 Å². The lowest BCUT2D eigenvalue weighted by molar-refractivity contribution is -0.236. The number of carboxylic acid groups (broad SMARTS) is 1. The molecule has 0 bridgehead atoms. The number of aliphatic carboxylic acids is 1. The van der Waals surface area contributed by atoms with Crippen LogP contribution in [0.15, 0.2) is 80.3 Å². The van der Waals surface area contributed by atoms with Crippen molar-refractivity contribution in [1.82, 2.24) is 15.1 Å². The number of esters is 1. The molecule has 4 heterocycles. The number of hydrogen-bond acceptors (Lipinski definition) is 8. The van der Waals surface area contributed by atoms with Crippen molar-refractivity contribution in [3.8, 4) is 11.3 Å². The number of carbonyl (C=O) groups is 2. The average Bonchev–Trinajstić information content (AvgIpc) is 3.06. The molecule has 3 aromatic rings. The van der Waals surface area contributed by atoms with E-state index in [1.165, 1.54) is 0 Å². The number of likely N-dealkylation sites (tertiary alicyclic amines) is 2. The van der Waals surface area contributed by atoms with Gasteiger partial charge in [0.1, 0.15) is 11.3 Å². The van der Waals surface area contributed by atoms with Gasteiger partial charge in [0.25, 0.3) is 0 Å². The van der Waals surface area contributed by atoms with E-state index in [-0.39, 0.29) is 22.2 Å². The zero-order chi connectivity index (χ0) is 32.6. The maximum atomic E-state index is 14.6. The Hall–Kier alpha value is -4.21. The van der Waals surface area contributed by atoms with Crippen LogP contribution >= 0.6 is 0 Å². The predicted molar refractivity (Wildman–Crippen MR) is 177 cm³/mol. The summed E-state index contributed by atoms with van der Waals surface area (Å²) in [5.74, 6) is -3.38. The number of fused-ring (bicyclic) bond motifs is 1. The quantitative estimate of drug-likeness (QED) is 0.293. The molecule has 6 rings (SSSR count). The number of rotatable bonds is 7. The average molecular weight is 626 g/mol. The van der Waals surface area contributed by atoms with Crippen LogP contribution in [0.3, 0.4) is 0 Å². The van der Waals surface area contributed by atoms with Crippen molar-refractivity contribution >= 4 is 22.9 Å². The Kier molecular flexibility index (Phi) is 8.90. The van der Waals surface area contributed by atoms with Gasteiger partial charge >= 0.3 is 11.9 Å². The molecule has 0 saturated carbocycles. The highest BCUT2D eigenvalue weighted by molar-refractivity contribution is 6.01. The summed E-state index contributed by atoms with van der Waals surface area (Å²) in [7, 11) is 0. The second kappa shape index (κ2) is 12.9. The fourth-order valence-electron chi connectivity index (χ4n) is 7.46.